The van der Waals surface area contributed by atoms with Crippen LogP contribution in [0.5, 0.6) is 0 Å². The van der Waals surface area contributed by atoms with Crippen molar-refractivity contribution in [2.24, 2.45) is 7.05 Å². The highest BCUT2D eigenvalue weighted by Crippen LogP contribution is 2.25. The van der Waals surface area contributed by atoms with Gasteiger partial charge in [0.25, 0.3) is 5.91 Å². The molecule has 0 spiro atoms. The molecule has 0 bridgehead atoms. The highest BCUT2D eigenvalue weighted by molar-refractivity contribution is 5.92. The van der Waals surface area contributed by atoms with Crippen molar-refractivity contribution in [1.29, 1.82) is 0 Å². The van der Waals surface area contributed by atoms with Gasteiger partial charge in [-0.25, -0.2) is 10.9 Å². The van der Waals surface area contributed by atoms with Crippen LogP contribution in [0.1, 0.15) is 41.4 Å². The minimum absolute atomic E-state index is 0.0285. The molecule has 4 rings (SSSR count). The number of likely N-dealkylation sites (tertiary alicyclic amines) is 1. The number of hydrazine groups is 1. The number of hydrogen-bond acceptors (Lipinski definition) is 4. The zero-order valence-corrected chi connectivity index (χ0v) is 15.2. The Morgan fingerprint density at radius 2 is 1.85 bits per heavy atom. The molecule has 2 unspecified atom stereocenters. The number of carbonyl (C=O) groups excluding carboxylic acids is 1. The number of nitrogens with zero attached hydrogens (tertiary/aromatic N) is 2. The van der Waals surface area contributed by atoms with Gasteiger partial charge in [0, 0.05) is 38.4 Å². The van der Waals surface area contributed by atoms with Crippen LogP contribution in [0.2, 0.25) is 0 Å². The molecule has 6 heteroatoms. The lowest BCUT2D eigenvalue weighted by Gasteiger charge is -2.35. The molecular formula is C20H27N5O. The largest absolute Gasteiger partial charge is 0.348 e. The van der Waals surface area contributed by atoms with E-state index in [1.54, 1.807) is 0 Å². The van der Waals surface area contributed by atoms with Crippen molar-refractivity contribution in [3.63, 3.8) is 0 Å². The summed E-state index contributed by atoms with van der Waals surface area (Å²) in [4.78, 5) is 14.9. The SMILES string of the molecule is Cn1cccc1C(=O)NC1CCN(C2CC(c3ccccc3)NN2)CC1. The molecule has 2 aliphatic heterocycles. The predicted octanol–water partition coefficient (Wildman–Crippen LogP) is 1.78. The third-order valence-corrected chi connectivity index (χ3v) is 5.57. The van der Waals surface area contributed by atoms with E-state index in [0.29, 0.717) is 12.2 Å². The summed E-state index contributed by atoms with van der Waals surface area (Å²) in [6.45, 7) is 2.00. The van der Waals surface area contributed by atoms with Crippen LogP contribution in [0.4, 0.5) is 0 Å². The highest BCUT2D eigenvalue weighted by Gasteiger charge is 2.32. The first-order chi connectivity index (χ1) is 12.7. The highest BCUT2D eigenvalue weighted by atomic mass is 16.2. The van der Waals surface area contributed by atoms with Crippen molar-refractivity contribution >= 4 is 5.91 Å². The van der Waals surface area contributed by atoms with Crippen LogP contribution in [-0.2, 0) is 7.05 Å². The molecule has 0 radical (unpaired) electrons. The molecule has 2 aromatic rings. The lowest BCUT2D eigenvalue weighted by atomic mass is 10.0. The Morgan fingerprint density at radius 3 is 2.54 bits per heavy atom. The molecule has 138 valence electrons. The van der Waals surface area contributed by atoms with Gasteiger partial charge in [-0.2, -0.15) is 0 Å². The Hall–Kier alpha value is -2.15. The third kappa shape index (κ3) is 3.67. The van der Waals surface area contributed by atoms with Crippen LogP contribution >= 0.6 is 0 Å². The van der Waals surface area contributed by atoms with Crippen molar-refractivity contribution in [2.45, 2.75) is 37.5 Å². The van der Waals surface area contributed by atoms with Gasteiger partial charge in [0.2, 0.25) is 0 Å². The zero-order valence-electron chi connectivity index (χ0n) is 15.2. The molecule has 2 atom stereocenters. The number of benzene rings is 1. The van der Waals surface area contributed by atoms with Crippen molar-refractivity contribution in [2.75, 3.05) is 13.1 Å². The molecule has 1 aromatic carbocycles. The van der Waals surface area contributed by atoms with Gasteiger partial charge in [0.05, 0.1) is 6.17 Å². The minimum Gasteiger partial charge on any atom is -0.348 e. The fourth-order valence-corrected chi connectivity index (χ4v) is 3.99. The van der Waals surface area contributed by atoms with E-state index in [1.165, 1.54) is 5.56 Å². The monoisotopic (exact) mass is 353 g/mol. The van der Waals surface area contributed by atoms with Gasteiger partial charge in [-0.15, -0.1) is 0 Å². The van der Waals surface area contributed by atoms with Gasteiger partial charge in [-0.05, 0) is 37.0 Å². The molecule has 3 N–H and O–H groups in total. The van der Waals surface area contributed by atoms with Crippen molar-refractivity contribution in [1.82, 2.24) is 25.6 Å². The van der Waals surface area contributed by atoms with E-state index in [1.807, 2.05) is 29.9 Å². The second-order valence-corrected chi connectivity index (χ2v) is 7.29. The smallest absolute Gasteiger partial charge is 0.268 e. The Morgan fingerprint density at radius 1 is 1.08 bits per heavy atom. The minimum atomic E-state index is 0.0285. The molecule has 2 fully saturated rings. The van der Waals surface area contributed by atoms with Gasteiger partial charge in [-0.3, -0.25) is 9.69 Å². The summed E-state index contributed by atoms with van der Waals surface area (Å²) < 4.78 is 1.86. The number of nitrogens with one attached hydrogen (secondary N) is 3. The molecule has 6 nitrogen and oxygen atoms in total. The number of rotatable bonds is 4. The van der Waals surface area contributed by atoms with Crippen LogP contribution in [0.25, 0.3) is 0 Å². The first-order valence-corrected chi connectivity index (χ1v) is 9.43. The molecule has 0 saturated carbocycles. The molecule has 26 heavy (non-hydrogen) atoms. The zero-order chi connectivity index (χ0) is 17.9. The molecule has 1 aromatic heterocycles. The summed E-state index contributed by atoms with van der Waals surface area (Å²) in [5, 5.41) is 3.19. The Bertz CT molecular complexity index is 736. The van der Waals surface area contributed by atoms with Crippen LogP contribution < -0.4 is 16.2 Å². The first-order valence-electron chi connectivity index (χ1n) is 9.43. The lowest BCUT2D eigenvalue weighted by molar-refractivity contribution is 0.0872. The number of carbonyl (C=O) groups is 1. The number of hydrogen-bond donors (Lipinski definition) is 3. The predicted molar refractivity (Wildman–Crippen MR) is 101 cm³/mol. The normalized spacial score (nSPS) is 24.7. The summed E-state index contributed by atoms with van der Waals surface area (Å²) in [5.74, 6) is 0.0285. The molecule has 2 aliphatic rings. The maximum absolute atomic E-state index is 12.4. The average molecular weight is 353 g/mol. The van der Waals surface area contributed by atoms with E-state index in [-0.39, 0.29) is 11.9 Å². The third-order valence-electron chi connectivity index (χ3n) is 5.57. The number of amides is 1. The summed E-state index contributed by atoms with van der Waals surface area (Å²) in [5.41, 5.74) is 8.92. The van der Waals surface area contributed by atoms with E-state index in [0.717, 1.165) is 38.0 Å². The quantitative estimate of drug-likeness (QED) is 0.784. The van der Waals surface area contributed by atoms with Crippen molar-refractivity contribution in [3.8, 4) is 0 Å². The van der Waals surface area contributed by atoms with Crippen LogP contribution in [0, 0.1) is 0 Å². The fraction of sp³-hybridized carbons (Fsp3) is 0.450. The summed E-state index contributed by atoms with van der Waals surface area (Å²) in [7, 11) is 1.90. The fourth-order valence-electron chi connectivity index (χ4n) is 3.99. The van der Waals surface area contributed by atoms with Gasteiger partial charge in [0.1, 0.15) is 5.69 Å². The topological polar surface area (TPSA) is 61.3 Å². The van der Waals surface area contributed by atoms with E-state index in [2.05, 4.69) is 51.4 Å². The maximum atomic E-state index is 12.4. The van der Waals surface area contributed by atoms with E-state index < -0.39 is 0 Å². The number of piperidine rings is 1. The second-order valence-electron chi connectivity index (χ2n) is 7.29. The van der Waals surface area contributed by atoms with Gasteiger partial charge in [0.15, 0.2) is 0 Å². The van der Waals surface area contributed by atoms with Gasteiger partial charge in [-0.1, -0.05) is 30.3 Å². The van der Waals surface area contributed by atoms with Crippen LogP contribution in [0.3, 0.4) is 0 Å². The summed E-state index contributed by atoms with van der Waals surface area (Å²) in [6, 6.07) is 15.0. The van der Waals surface area contributed by atoms with Crippen LogP contribution in [0.15, 0.2) is 48.7 Å². The van der Waals surface area contributed by atoms with E-state index in [4.69, 9.17) is 0 Å². The lowest BCUT2D eigenvalue weighted by Crippen LogP contribution is -2.51. The second kappa shape index (κ2) is 7.61. The van der Waals surface area contributed by atoms with Gasteiger partial charge < -0.3 is 9.88 Å². The Labute approximate surface area is 154 Å². The van der Waals surface area contributed by atoms with Crippen LogP contribution in [-0.4, -0.2) is 40.7 Å². The Balaban J connectivity index is 1.26. The molecule has 3 heterocycles. The Kier molecular flexibility index (Phi) is 5.06. The molecule has 1 amide bonds. The first kappa shape index (κ1) is 17.3. The molecule has 0 aliphatic carbocycles. The van der Waals surface area contributed by atoms with E-state index in [9.17, 15) is 4.79 Å². The number of aryl methyl sites for hydroxylation is 1. The number of aromatic nitrogens is 1. The standard InChI is InChI=1S/C20H27N5O/c1-24-11-5-8-18(24)20(26)21-16-9-12-25(13-10-16)19-14-17(22-23-19)15-6-3-2-4-7-15/h2-8,11,16-17,19,22-23H,9-10,12-14H2,1H3,(H,21,26). The maximum Gasteiger partial charge on any atom is 0.268 e. The summed E-state index contributed by atoms with van der Waals surface area (Å²) >= 11 is 0. The van der Waals surface area contributed by atoms with E-state index >= 15 is 0 Å². The molecular weight excluding hydrogens is 326 g/mol. The summed E-state index contributed by atoms with van der Waals surface area (Å²) in [6.07, 6.45) is 5.29. The van der Waals surface area contributed by atoms with Gasteiger partial charge >= 0.3 is 0 Å². The van der Waals surface area contributed by atoms with Crippen molar-refractivity contribution < 1.29 is 4.79 Å². The van der Waals surface area contributed by atoms with Crippen molar-refractivity contribution in [3.05, 3.63) is 59.9 Å². The average Bonchev–Trinajstić information content (AvgIpc) is 3.32. The molecule has 2 saturated heterocycles.